The number of hydrogen-bond acceptors (Lipinski definition) is 0. The molecule has 0 nitrogen and oxygen atoms in total. The predicted molar refractivity (Wildman–Crippen MR) is 94.2 cm³/mol. The van der Waals surface area contributed by atoms with Crippen LogP contribution in [0, 0.1) is 17.8 Å². The molecule has 3 unspecified atom stereocenters. The Hall–Kier alpha value is -0.260. The molecule has 0 aliphatic heterocycles. The summed E-state index contributed by atoms with van der Waals surface area (Å²) >= 11 is 0. The Morgan fingerprint density at radius 1 is 0.700 bits per heavy atom. The first-order valence-electron chi connectivity index (χ1n) is 9.21. The van der Waals surface area contributed by atoms with Crippen molar-refractivity contribution in [3.63, 3.8) is 0 Å². The van der Waals surface area contributed by atoms with Crippen LogP contribution in [0.5, 0.6) is 0 Å². The van der Waals surface area contributed by atoms with Crippen LogP contribution in [0.1, 0.15) is 98.3 Å². The molecule has 0 aromatic heterocycles. The molecule has 0 radical (unpaired) electrons. The molecule has 0 aliphatic carbocycles. The Balaban J connectivity index is 3.44. The van der Waals surface area contributed by atoms with E-state index in [-0.39, 0.29) is 0 Å². The Bertz CT molecular complexity index is 206. The van der Waals surface area contributed by atoms with Gasteiger partial charge in [0.1, 0.15) is 0 Å². The van der Waals surface area contributed by atoms with E-state index in [9.17, 15) is 0 Å². The highest BCUT2D eigenvalue weighted by Crippen LogP contribution is 2.22. The first kappa shape index (κ1) is 19.7. The highest BCUT2D eigenvalue weighted by molar-refractivity contribution is 4.68. The van der Waals surface area contributed by atoms with E-state index in [1.54, 1.807) is 0 Å². The maximum Gasteiger partial charge on any atom is -0.0351 e. The van der Waals surface area contributed by atoms with E-state index in [0.717, 1.165) is 17.8 Å². The fourth-order valence-corrected chi connectivity index (χ4v) is 2.94. The zero-order valence-corrected chi connectivity index (χ0v) is 14.8. The summed E-state index contributed by atoms with van der Waals surface area (Å²) in [6.45, 7) is 13.4. The van der Waals surface area contributed by atoms with Crippen molar-refractivity contribution in [2.75, 3.05) is 0 Å². The van der Waals surface area contributed by atoms with Gasteiger partial charge in [0, 0.05) is 0 Å². The van der Waals surface area contributed by atoms with Gasteiger partial charge in [-0.1, -0.05) is 91.6 Å². The number of unbranched alkanes of at least 4 members (excludes halogenated alkanes) is 2. The molecule has 0 bridgehead atoms. The van der Waals surface area contributed by atoms with E-state index in [1.165, 1.54) is 70.6 Å². The minimum atomic E-state index is 0.879. The predicted octanol–water partition coefficient (Wildman–Crippen LogP) is 7.39. The maximum absolute atomic E-state index is 3.81. The van der Waals surface area contributed by atoms with Gasteiger partial charge in [-0.05, 0) is 30.6 Å². The van der Waals surface area contributed by atoms with Gasteiger partial charge in [0.25, 0.3) is 0 Å². The van der Waals surface area contributed by atoms with Crippen molar-refractivity contribution in [2.24, 2.45) is 17.8 Å². The van der Waals surface area contributed by atoms with Gasteiger partial charge in [-0.25, -0.2) is 0 Å². The van der Waals surface area contributed by atoms with Gasteiger partial charge in [-0.15, -0.1) is 6.58 Å². The maximum atomic E-state index is 3.81. The van der Waals surface area contributed by atoms with Gasteiger partial charge in [0.2, 0.25) is 0 Å². The minimum absolute atomic E-state index is 0.879. The zero-order chi connectivity index (χ0) is 15.2. The van der Waals surface area contributed by atoms with Crippen LogP contribution in [0.15, 0.2) is 12.7 Å². The zero-order valence-electron chi connectivity index (χ0n) is 14.8. The lowest BCUT2D eigenvalue weighted by Gasteiger charge is -2.16. The highest BCUT2D eigenvalue weighted by Gasteiger charge is 2.07. The highest BCUT2D eigenvalue weighted by atomic mass is 14.1. The summed E-state index contributed by atoms with van der Waals surface area (Å²) < 4.78 is 0. The van der Waals surface area contributed by atoms with E-state index in [0.29, 0.717) is 0 Å². The van der Waals surface area contributed by atoms with Gasteiger partial charge in [-0.3, -0.25) is 0 Å². The molecule has 0 heteroatoms. The lowest BCUT2D eigenvalue weighted by atomic mass is 9.91. The third-order valence-electron chi connectivity index (χ3n) is 4.71. The van der Waals surface area contributed by atoms with Gasteiger partial charge in [0.05, 0.1) is 0 Å². The SMILES string of the molecule is C=CCCC(C)CCC(C)CCCCC(C)CCCC. The van der Waals surface area contributed by atoms with Crippen molar-refractivity contribution < 1.29 is 0 Å². The molecule has 0 amide bonds. The largest absolute Gasteiger partial charge is 0.103 e. The molecule has 20 heavy (non-hydrogen) atoms. The van der Waals surface area contributed by atoms with Crippen LogP contribution >= 0.6 is 0 Å². The van der Waals surface area contributed by atoms with Crippen LogP contribution in [0.2, 0.25) is 0 Å². The molecule has 3 atom stereocenters. The van der Waals surface area contributed by atoms with Crippen molar-refractivity contribution in [2.45, 2.75) is 98.3 Å². The number of allylic oxidation sites excluding steroid dienone is 1. The van der Waals surface area contributed by atoms with Crippen LogP contribution in [0.4, 0.5) is 0 Å². The molecule has 0 fully saturated rings. The van der Waals surface area contributed by atoms with Crippen LogP contribution in [-0.2, 0) is 0 Å². The minimum Gasteiger partial charge on any atom is -0.103 e. The van der Waals surface area contributed by atoms with Crippen molar-refractivity contribution in [3.05, 3.63) is 12.7 Å². The number of rotatable bonds is 14. The van der Waals surface area contributed by atoms with Gasteiger partial charge < -0.3 is 0 Å². The van der Waals surface area contributed by atoms with Crippen LogP contribution in [0.3, 0.4) is 0 Å². The second-order valence-electron chi connectivity index (χ2n) is 7.19. The standard InChI is InChI=1S/C20H40/c1-6-8-12-18(3)14-10-11-15-20(5)17-16-19(4)13-9-7-2/h7,18-20H,2,6,8-17H2,1,3-5H3. The molecule has 0 rings (SSSR count). The molecule has 0 aliphatic rings. The van der Waals surface area contributed by atoms with Gasteiger partial charge in [-0.2, -0.15) is 0 Å². The molecule has 0 saturated heterocycles. The Morgan fingerprint density at radius 3 is 1.65 bits per heavy atom. The van der Waals surface area contributed by atoms with Crippen molar-refractivity contribution in [1.29, 1.82) is 0 Å². The molecule has 0 aromatic rings. The Kier molecular flexibility index (Phi) is 13.5. The normalized spacial score (nSPS) is 15.8. The first-order chi connectivity index (χ1) is 9.60. The fraction of sp³-hybridized carbons (Fsp3) is 0.900. The third-order valence-corrected chi connectivity index (χ3v) is 4.71. The second-order valence-corrected chi connectivity index (χ2v) is 7.19. The summed E-state index contributed by atoms with van der Waals surface area (Å²) in [5.41, 5.74) is 0. The van der Waals surface area contributed by atoms with Crippen LogP contribution in [-0.4, -0.2) is 0 Å². The lowest BCUT2D eigenvalue weighted by molar-refractivity contribution is 0.377. The summed E-state index contributed by atoms with van der Waals surface area (Å²) in [5, 5.41) is 0. The van der Waals surface area contributed by atoms with E-state index in [4.69, 9.17) is 0 Å². The third kappa shape index (κ3) is 12.8. The summed E-state index contributed by atoms with van der Waals surface area (Å²) in [5.74, 6) is 2.75. The van der Waals surface area contributed by atoms with Gasteiger partial charge >= 0.3 is 0 Å². The molecular weight excluding hydrogens is 240 g/mol. The molecular formula is C20H40. The molecule has 0 spiro atoms. The van der Waals surface area contributed by atoms with E-state index >= 15 is 0 Å². The quantitative estimate of drug-likeness (QED) is 0.230. The average Bonchev–Trinajstić information content (AvgIpc) is 2.45. The van der Waals surface area contributed by atoms with E-state index in [2.05, 4.69) is 40.3 Å². The van der Waals surface area contributed by atoms with Crippen molar-refractivity contribution in [3.8, 4) is 0 Å². The molecule has 0 aromatic carbocycles. The van der Waals surface area contributed by atoms with Crippen LogP contribution < -0.4 is 0 Å². The second kappa shape index (κ2) is 13.7. The Morgan fingerprint density at radius 2 is 1.15 bits per heavy atom. The molecule has 0 N–H and O–H groups in total. The van der Waals surface area contributed by atoms with Crippen LogP contribution in [0.25, 0.3) is 0 Å². The topological polar surface area (TPSA) is 0 Å². The van der Waals surface area contributed by atoms with E-state index in [1.807, 2.05) is 0 Å². The molecule has 0 saturated carbocycles. The lowest BCUT2D eigenvalue weighted by Crippen LogP contribution is -2.01. The fourth-order valence-electron chi connectivity index (χ4n) is 2.94. The number of hydrogen-bond donors (Lipinski definition) is 0. The average molecular weight is 281 g/mol. The summed E-state index contributed by atoms with van der Waals surface area (Å²) in [6, 6.07) is 0. The summed E-state index contributed by atoms with van der Waals surface area (Å²) in [7, 11) is 0. The van der Waals surface area contributed by atoms with E-state index < -0.39 is 0 Å². The monoisotopic (exact) mass is 280 g/mol. The smallest absolute Gasteiger partial charge is 0.0351 e. The Labute approximate surface area is 129 Å². The van der Waals surface area contributed by atoms with Crippen molar-refractivity contribution in [1.82, 2.24) is 0 Å². The van der Waals surface area contributed by atoms with Gasteiger partial charge in [0.15, 0.2) is 0 Å². The first-order valence-corrected chi connectivity index (χ1v) is 9.21. The molecule has 120 valence electrons. The molecule has 0 heterocycles. The summed E-state index contributed by atoms with van der Waals surface area (Å²) in [4.78, 5) is 0. The van der Waals surface area contributed by atoms with Crippen molar-refractivity contribution >= 4 is 0 Å². The summed E-state index contributed by atoms with van der Waals surface area (Å²) in [6.07, 6.45) is 17.4.